The molecule has 0 spiro atoms. The van der Waals surface area contributed by atoms with Crippen LogP contribution in [-0.2, 0) is 9.59 Å². The van der Waals surface area contributed by atoms with Gasteiger partial charge in [0.05, 0.1) is 6.10 Å². The highest BCUT2D eigenvalue weighted by Crippen LogP contribution is 2.18. The summed E-state index contributed by atoms with van der Waals surface area (Å²) in [4.78, 5) is 22.7. The zero-order valence-corrected chi connectivity index (χ0v) is 9.24. The number of hydrogen-bond acceptors (Lipinski definition) is 3. The van der Waals surface area contributed by atoms with Gasteiger partial charge in [-0.05, 0) is 32.1 Å². The third kappa shape index (κ3) is 2.72. The van der Waals surface area contributed by atoms with Crippen LogP contribution in [0.3, 0.4) is 0 Å². The molecule has 3 N–H and O–H groups in total. The van der Waals surface area contributed by atoms with Crippen LogP contribution in [0.1, 0.15) is 38.5 Å². The smallest absolute Gasteiger partial charge is 0.242 e. The molecule has 0 unspecified atom stereocenters. The molecule has 2 amide bonds. The molecule has 1 saturated carbocycles. The lowest BCUT2D eigenvalue weighted by atomic mass is 9.93. The van der Waals surface area contributed by atoms with E-state index in [9.17, 15) is 14.7 Å². The Balaban J connectivity index is 1.77. The van der Waals surface area contributed by atoms with Gasteiger partial charge in [0.25, 0.3) is 0 Å². The van der Waals surface area contributed by atoms with E-state index < -0.39 is 0 Å². The monoisotopic (exact) mass is 226 g/mol. The minimum absolute atomic E-state index is 0.0424. The van der Waals surface area contributed by atoms with Crippen LogP contribution in [0.2, 0.25) is 0 Å². The van der Waals surface area contributed by atoms with Gasteiger partial charge in [0.2, 0.25) is 11.8 Å². The van der Waals surface area contributed by atoms with Crippen LogP contribution in [-0.4, -0.2) is 35.1 Å². The lowest BCUT2D eigenvalue weighted by Gasteiger charge is -2.27. The zero-order valence-electron chi connectivity index (χ0n) is 9.24. The SMILES string of the molecule is O=C1CC[C@@H](C(=O)NC2CCC(O)CC2)N1. The van der Waals surface area contributed by atoms with Gasteiger partial charge in [-0.15, -0.1) is 0 Å². The Labute approximate surface area is 94.6 Å². The van der Waals surface area contributed by atoms with Gasteiger partial charge in [0.1, 0.15) is 6.04 Å². The normalized spacial score (nSPS) is 34.6. The Morgan fingerprint density at radius 2 is 1.94 bits per heavy atom. The number of amides is 2. The highest BCUT2D eigenvalue weighted by Gasteiger charge is 2.29. The van der Waals surface area contributed by atoms with Crippen LogP contribution >= 0.6 is 0 Å². The molecule has 1 aliphatic heterocycles. The van der Waals surface area contributed by atoms with Gasteiger partial charge in [-0.1, -0.05) is 0 Å². The van der Waals surface area contributed by atoms with Crippen LogP contribution in [0.5, 0.6) is 0 Å². The molecule has 1 saturated heterocycles. The highest BCUT2D eigenvalue weighted by atomic mass is 16.3. The molecule has 5 heteroatoms. The fourth-order valence-electron chi connectivity index (χ4n) is 2.33. The topological polar surface area (TPSA) is 78.4 Å². The molecule has 0 radical (unpaired) electrons. The first-order chi connectivity index (χ1) is 7.65. The van der Waals surface area contributed by atoms with Crippen molar-refractivity contribution in [2.45, 2.75) is 56.7 Å². The Morgan fingerprint density at radius 3 is 2.50 bits per heavy atom. The van der Waals surface area contributed by atoms with Crippen molar-refractivity contribution in [2.24, 2.45) is 0 Å². The second-order valence-electron chi connectivity index (χ2n) is 4.67. The van der Waals surface area contributed by atoms with Crippen molar-refractivity contribution in [2.75, 3.05) is 0 Å². The van der Waals surface area contributed by atoms with Gasteiger partial charge in [0, 0.05) is 12.5 Å². The molecule has 0 aromatic carbocycles. The molecule has 5 nitrogen and oxygen atoms in total. The molecule has 2 aliphatic rings. The summed E-state index contributed by atoms with van der Waals surface area (Å²) in [5, 5.41) is 14.9. The predicted molar refractivity (Wildman–Crippen MR) is 57.6 cm³/mol. The maximum atomic E-state index is 11.8. The van der Waals surface area contributed by atoms with Gasteiger partial charge < -0.3 is 15.7 Å². The molecule has 1 atom stereocenters. The Kier molecular flexibility index (Phi) is 3.43. The van der Waals surface area contributed by atoms with Crippen LogP contribution in [0, 0.1) is 0 Å². The van der Waals surface area contributed by atoms with Crippen molar-refractivity contribution in [3.05, 3.63) is 0 Å². The predicted octanol–water partition coefficient (Wildman–Crippen LogP) is -0.315. The van der Waals surface area contributed by atoms with E-state index in [0.29, 0.717) is 12.8 Å². The lowest BCUT2D eigenvalue weighted by Crippen LogP contribution is -2.47. The standard InChI is InChI=1S/C11H18N2O3/c14-8-3-1-7(2-4-8)12-11(16)9-5-6-10(15)13-9/h7-9,14H,1-6H2,(H,12,16)(H,13,15)/t7?,8?,9-/m0/s1. The maximum absolute atomic E-state index is 11.8. The molecule has 0 aromatic rings. The molecule has 0 aromatic heterocycles. The number of aliphatic hydroxyl groups excluding tert-OH is 1. The average Bonchev–Trinajstić information content (AvgIpc) is 2.68. The van der Waals surface area contributed by atoms with Crippen molar-refractivity contribution >= 4 is 11.8 Å². The van der Waals surface area contributed by atoms with Gasteiger partial charge in [-0.3, -0.25) is 9.59 Å². The quantitative estimate of drug-likeness (QED) is 0.604. The second kappa shape index (κ2) is 4.82. The third-order valence-corrected chi connectivity index (χ3v) is 3.35. The summed E-state index contributed by atoms with van der Waals surface area (Å²) < 4.78 is 0. The summed E-state index contributed by atoms with van der Waals surface area (Å²) in [6.07, 6.45) is 3.99. The Morgan fingerprint density at radius 1 is 1.25 bits per heavy atom. The van der Waals surface area contributed by atoms with Gasteiger partial charge >= 0.3 is 0 Å². The number of carbonyl (C=O) groups is 2. The zero-order chi connectivity index (χ0) is 11.5. The Hall–Kier alpha value is -1.10. The largest absolute Gasteiger partial charge is 0.393 e. The van der Waals surface area contributed by atoms with Crippen LogP contribution in [0.4, 0.5) is 0 Å². The van der Waals surface area contributed by atoms with Crippen molar-refractivity contribution in [1.82, 2.24) is 10.6 Å². The summed E-state index contributed by atoms with van der Waals surface area (Å²) in [6.45, 7) is 0. The first kappa shape index (κ1) is 11.4. The van der Waals surface area contributed by atoms with E-state index in [1.807, 2.05) is 0 Å². The van der Waals surface area contributed by atoms with Crippen LogP contribution < -0.4 is 10.6 Å². The van der Waals surface area contributed by atoms with Crippen molar-refractivity contribution < 1.29 is 14.7 Å². The molecule has 1 heterocycles. The Bertz CT molecular complexity index is 285. The first-order valence-corrected chi connectivity index (χ1v) is 5.93. The minimum atomic E-state index is -0.348. The minimum Gasteiger partial charge on any atom is -0.393 e. The summed E-state index contributed by atoms with van der Waals surface area (Å²) in [5.41, 5.74) is 0. The molecule has 16 heavy (non-hydrogen) atoms. The summed E-state index contributed by atoms with van der Waals surface area (Å²) in [6, 6.07) is -0.187. The van der Waals surface area contributed by atoms with E-state index in [2.05, 4.69) is 10.6 Å². The van der Waals surface area contributed by atoms with E-state index in [4.69, 9.17) is 0 Å². The van der Waals surface area contributed by atoms with Crippen LogP contribution in [0.25, 0.3) is 0 Å². The van der Waals surface area contributed by atoms with Crippen LogP contribution in [0.15, 0.2) is 0 Å². The van der Waals surface area contributed by atoms with Gasteiger partial charge in [-0.25, -0.2) is 0 Å². The molecular formula is C11H18N2O3. The maximum Gasteiger partial charge on any atom is 0.242 e. The van der Waals surface area contributed by atoms with Gasteiger partial charge in [-0.2, -0.15) is 0 Å². The van der Waals surface area contributed by atoms with E-state index in [1.54, 1.807) is 0 Å². The third-order valence-electron chi connectivity index (χ3n) is 3.35. The number of aliphatic hydroxyl groups is 1. The number of nitrogens with one attached hydrogen (secondary N) is 2. The fraction of sp³-hybridized carbons (Fsp3) is 0.818. The summed E-state index contributed by atoms with van der Waals surface area (Å²) in [5.74, 6) is -0.119. The van der Waals surface area contributed by atoms with E-state index >= 15 is 0 Å². The average molecular weight is 226 g/mol. The molecule has 2 fully saturated rings. The van der Waals surface area contributed by atoms with E-state index in [-0.39, 0.29) is 30.0 Å². The van der Waals surface area contributed by atoms with Crippen molar-refractivity contribution in [3.8, 4) is 0 Å². The molecular weight excluding hydrogens is 208 g/mol. The van der Waals surface area contributed by atoms with Crippen molar-refractivity contribution in [1.29, 1.82) is 0 Å². The summed E-state index contributed by atoms with van der Waals surface area (Å²) >= 11 is 0. The van der Waals surface area contributed by atoms with E-state index in [1.165, 1.54) is 0 Å². The van der Waals surface area contributed by atoms with Crippen molar-refractivity contribution in [3.63, 3.8) is 0 Å². The lowest BCUT2D eigenvalue weighted by molar-refractivity contribution is -0.126. The first-order valence-electron chi connectivity index (χ1n) is 5.93. The van der Waals surface area contributed by atoms with E-state index in [0.717, 1.165) is 25.7 Å². The van der Waals surface area contributed by atoms with Gasteiger partial charge in [0.15, 0.2) is 0 Å². The highest BCUT2D eigenvalue weighted by molar-refractivity contribution is 5.90. The number of carbonyl (C=O) groups excluding carboxylic acids is 2. The molecule has 2 rings (SSSR count). The second-order valence-corrected chi connectivity index (χ2v) is 4.67. The number of hydrogen-bond donors (Lipinski definition) is 3. The molecule has 90 valence electrons. The molecule has 0 bridgehead atoms. The summed E-state index contributed by atoms with van der Waals surface area (Å²) in [7, 11) is 0. The molecule has 1 aliphatic carbocycles. The fourth-order valence-corrected chi connectivity index (χ4v) is 2.33. The number of rotatable bonds is 2.